The van der Waals surface area contributed by atoms with E-state index in [1.54, 1.807) is 6.07 Å². The van der Waals surface area contributed by atoms with Gasteiger partial charge in [0.1, 0.15) is 12.0 Å². The normalized spacial score (nSPS) is 11.2. The second-order valence-corrected chi connectivity index (χ2v) is 4.01. The molecule has 0 saturated carbocycles. The molecule has 0 heterocycles. The summed E-state index contributed by atoms with van der Waals surface area (Å²) in [5.41, 5.74) is 6.89. The zero-order valence-electron chi connectivity index (χ0n) is 10.1. The molecule has 0 aliphatic rings. The Kier molecular flexibility index (Phi) is 3.65. The molecule has 0 spiro atoms. The van der Waals surface area contributed by atoms with E-state index in [4.69, 9.17) is 5.73 Å². The van der Waals surface area contributed by atoms with Crippen molar-refractivity contribution in [1.82, 2.24) is 0 Å². The van der Waals surface area contributed by atoms with Gasteiger partial charge >= 0.3 is 6.36 Å². The first-order valence-corrected chi connectivity index (χ1v) is 5.60. The van der Waals surface area contributed by atoms with Crippen molar-refractivity contribution >= 4 is 12.0 Å². The Morgan fingerprint density at radius 2 is 1.75 bits per heavy atom. The number of halogens is 3. The zero-order valence-corrected chi connectivity index (χ0v) is 10.1. The van der Waals surface area contributed by atoms with E-state index in [0.29, 0.717) is 17.4 Å². The Labute approximate surface area is 112 Å². The van der Waals surface area contributed by atoms with Crippen molar-refractivity contribution in [3.8, 4) is 16.9 Å². The number of benzene rings is 2. The monoisotopic (exact) mass is 281 g/mol. The molecule has 0 radical (unpaired) electrons. The van der Waals surface area contributed by atoms with Crippen LogP contribution < -0.4 is 10.5 Å². The van der Waals surface area contributed by atoms with Crippen LogP contribution in [0.1, 0.15) is 10.4 Å². The number of rotatable bonds is 3. The second kappa shape index (κ2) is 5.24. The Bertz CT molecular complexity index is 639. The van der Waals surface area contributed by atoms with Gasteiger partial charge in [-0.1, -0.05) is 30.3 Å². The fourth-order valence-electron chi connectivity index (χ4n) is 1.80. The summed E-state index contributed by atoms with van der Waals surface area (Å²) in [4.78, 5) is 10.6. The third-order valence-electron chi connectivity index (χ3n) is 2.61. The molecule has 0 aliphatic carbocycles. The van der Waals surface area contributed by atoms with Crippen LogP contribution in [0.3, 0.4) is 0 Å². The Hall–Kier alpha value is -2.50. The molecule has 0 saturated heterocycles. The molecule has 0 aliphatic heterocycles. The predicted molar refractivity (Wildman–Crippen MR) is 68.4 cm³/mol. The van der Waals surface area contributed by atoms with Gasteiger partial charge in [-0.15, -0.1) is 13.2 Å². The first-order valence-electron chi connectivity index (χ1n) is 5.60. The Morgan fingerprint density at radius 1 is 1.05 bits per heavy atom. The molecule has 0 unspecified atom stereocenters. The van der Waals surface area contributed by atoms with Crippen LogP contribution in [0.25, 0.3) is 11.1 Å². The van der Waals surface area contributed by atoms with E-state index in [-0.39, 0.29) is 17.0 Å². The number of para-hydroxylation sites is 1. The summed E-state index contributed by atoms with van der Waals surface area (Å²) in [5, 5.41) is 0. The molecule has 0 amide bonds. The first kappa shape index (κ1) is 13.9. The number of hydrogen-bond acceptors (Lipinski definition) is 3. The van der Waals surface area contributed by atoms with E-state index in [0.717, 1.165) is 0 Å². The van der Waals surface area contributed by atoms with Crippen molar-refractivity contribution in [3.63, 3.8) is 0 Å². The van der Waals surface area contributed by atoms with Crippen LogP contribution in [-0.4, -0.2) is 12.6 Å². The molecule has 20 heavy (non-hydrogen) atoms. The van der Waals surface area contributed by atoms with Crippen molar-refractivity contribution in [3.05, 3.63) is 48.0 Å². The zero-order chi connectivity index (χ0) is 14.8. The lowest BCUT2D eigenvalue weighted by Gasteiger charge is -2.14. The number of anilines is 1. The van der Waals surface area contributed by atoms with Gasteiger partial charge in [-0.3, -0.25) is 4.79 Å². The van der Waals surface area contributed by atoms with Crippen molar-refractivity contribution in [2.45, 2.75) is 6.36 Å². The minimum atomic E-state index is -4.78. The number of hydrogen-bond donors (Lipinski definition) is 1. The molecule has 2 aromatic rings. The van der Waals surface area contributed by atoms with Gasteiger partial charge in [0.15, 0.2) is 0 Å². The molecule has 0 atom stereocenters. The van der Waals surface area contributed by atoms with E-state index in [1.165, 1.54) is 36.4 Å². The molecular formula is C14H10F3NO2. The van der Waals surface area contributed by atoms with Gasteiger partial charge in [0.05, 0.1) is 0 Å². The molecule has 0 aromatic heterocycles. The van der Waals surface area contributed by atoms with Crippen LogP contribution in [0.15, 0.2) is 42.5 Å². The van der Waals surface area contributed by atoms with Crippen molar-refractivity contribution < 1.29 is 22.7 Å². The number of carbonyl (C=O) groups excluding carboxylic acids is 1. The number of carbonyl (C=O) groups is 1. The number of nitrogen functional groups attached to an aromatic ring is 1. The van der Waals surface area contributed by atoms with Crippen molar-refractivity contribution in [1.29, 1.82) is 0 Å². The largest absolute Gasteiger partial charge is 0.573 e. The van der Waals surface area contributed by atoms with Crippen LogP contribution in [0.4, 0.5) is 18.9 Å². The summed E-state index contributed by atoms with van der Waals surface area (Å²) >= 11 is 0. The van der Waals surface area contributed by atoms with Crippen molar-refractivity contribution in [2.24, 2.45) is 0 Å². The van der Waals surface area contributed by atoms with Gasteiger partial charge < -0.3 is 10.5 Å². The summed E-state index contributed by atoms with van der Waals surface area (Å²) in [6.45, 7) is 0. The lowest BCUT2D eigenvalue weighted by atomic mass is 10.0. The fraction of sp³-hybridized carbons (Fsp3) is 0.0714. The highest BCUT2D eigenvalue weighted by atomic mass is 19.4. The lowest BCUT2D eigenvalue weighted by Crippen LogP contribution is -2.17. The molecule has 2 rings (SSSR count). The number of nitrogens with two attached hydrogens (primary N) is 1. The van der Waals surface area contributed by atoms with Crippen LogP contribution in [-0.2, 0) is 0 Å². The quantitative estimate of drug-likeness (QED) is 0.690. The minimum absolute atomic E-state index is 0.202. The average Bonchev–Trinajstić information content (AvgIpc) is 2.38. The SMILES string of the molecule is Nc1cc(C=O)ccc1-c1ccccc1OC(F)(F)F. The lowest BCUT2D eigenvalue weighted by molar-refractivity contribution is -0.274. The highest BCUT2D eigenvalue weighted by molar-refractivity contribution is 5.85. The molecule has 0 bridgehead atoms. The second-order valence-electron chi connectivity index (χ2n) is 4.01. The summed E-state index contributed by atoms with van der Waals surface area (Å²) < 4.78 is 41.0. The maximum absolute atomic E-state index is 12.4. The maximum Gasteiger partial charge on any atom is 0.573 e. The van der Waals surface area contributed by atoms with E-state index in [1.807, 2.05) is 0 Å². The fourth-order valence-corrected chi connectivity index (χ4v) is 1.80. The number of alkyl halides is 3. The Balaban J connectivity index is 2.50. The van der Waals surface area contributed by atoms with Crippen LogP contribution in [0, 0.1) is 0 Å². The van der Waals surface area contributed by atoms with Crippen LogP contribution in [0.2, 0.25) is 0 Å². The molecule has 2 aromatic carbocycles. The Morgan fingerprint density at radius 3 is 2.35 bits per heavy atom. The molecule has 3 nitrogen and oxygen atoms in total. The molecule has 2 N–H and O–H groups in total. The molecule has 0 fully saturated rings. The van der Waals surface area contributed by atoms with Gasteiger partial charge in [0, 0.05) is 22.4 Å². The van der Waals surface area contributed by atoms with E-state index >= 15 is 0 Å². The van der Waals surface area contributed by atoms with Gasteiger partial charge in [0.2, 0.25) is 0 Å². The van der Waals surface area contributed by atoms with Gasteiger partial charge in [0.25, 0.3) is 0 Å². The third-order valence-corrected chi connectivity index (χ3v) is 2.61. The van der Waals surface area contributed by atoms with E-state index in [9.17, 15) is 18.0 Å². The standard InChI is InChI=1S/C14H10F3NO2/c15-14(16,17)20-13-4-2-1-3-11(13)10-6-5-9(8-19)7-12(10)18/h1-8H,18H2. The van der Waals surface area contributed by atoms with Gasteiger partial charge in [-0.2, -0.15) is 0 Å². The minimum Gasteiger partial charge on any atom is -0.405 e. The smallest absolute Gasteiger partial charge is 0.405 e. The summed E-state index contributed by atoms with van der Waals surface area (Å²) in [6.07, 6.45) is -4.17. The summed E-state index contributed by atoms with van der Waals surface area (Å²) in [6, 6.07) is 10.0. The van der Waals surface area contributed by atoms with Crippen LogP contribution in [0.5, 0.6) is 5.75 Å². The van der Waals surface area contributed by atoms with Gasteiger partial charge in [-0.25, -0.2) is 0 Å². The average molecular weight is 281 g/mol. The topological polar surface area (TPSA) is 52.3 Å². The van der Waals surface area contributed by atoms with Crippen LogP contribution >= 0.6 is 0 Å². The highest BCUT2D eigenvalue weighted by Gasteiger charge is 2.32. The third kappa shape index (κ3) is 3.09. The van der Waals surface area contributed by atoms with E-state index < -0.39 is 6.36 Å². The highest BCUT2D eigenvalue weighted by Crippen LogP contribution is 2.36. The molecule has 104 valence electrons. The summed E-state index contributed by atoms with van der Waals surface area (Å²) in [7, 11) is 0. The maximum atomic E-state index is 12.4. The van der Waals surface area contributed by atoms with E-state index in [2.05, 4.69) is 4.74 Å². The number of ether oxygens (including phenoxy) is 1. The van der Waals surface area contributed by atoms with Crippen molar-refractivity contribution in [2.75, 3.05) is 5.73 Å². The number of aldehydes is 1. The first-order chi connectivity index (χ1) is 9.40. The predicted octanol–water partition coefficient (Wildman–Crippen LogP) is 3.65. The molecule has 6 heteroatoms. The molecular weight excluding hydrogens is 271 g/mol. The summed E-state index contributed by atoms with van der Waals surface area (Å²) in [5.74, 6) is -0.342. The van der Waals surface area contributed by atoms with Gasteiger partial charge in [-0.05, 0) is 12.1 Å².